The number of nitrogens with one attached hydrogen (secondary N) is 1. The summed E-state index contributed by atoms with van der Waals surface area (Å²) >= 11 is 0. The highest BCUT2D eigenvalue weighted by Crippen LogP contribution is 2.42. The highest BCUT2D eigenvalue weighted by Gasteiger charge is 2.49. The van der Waals surface area contributed by atoms with Gasteiger partial charge in [0.15, 0.2) is 5.82 Å². The van der Waals surface area contributed by atoms with Crippen molar-refractivity contribution >= 4 is 34.0 Å². The molecule has 13 heteroatoms. The van der Waals surface area contributed by atoms with Gasteiger partial charge in [0, 0.05) is 55.3 Å². The maximum Gasteiger partial charge on any atom is 0.319 e. The lowest BCUT2D eigenvalue weighted by atomic mass is 9.95. The molecule has 6 heterocycles. The lowest BCUT2D eigenvalue weighted by molar-refractivity contribution is -0.122. The second-order valence-electron chi connectivity index (χ2n) is 12.7. The van der Waals surface area contributed by atoms with Crippen LogP contribution in [0.25, 0.3) is 32.9 Å². The number of nitrogens with zero attached hydrogens (tertiary/aromatic N) is 5. The van der Waals surface area contributed by atoms with Crippen LogP contribution in [0.15, 0.2) is 30.5 Å². The normalized spacial score (nSPS) is 25.0. The molecular formula is C34H33F3N6O4. The number of phenolic OH excluding ortho intramolecular Hbond substituents is 1. The maximum absolute atomic E-state index is 16.7. The third-order valence-electron chi connectivity index (χ3n) is 9.84. The first-order valence-corrected chi connectivity index (χ1v) is 15.6. The van der Waals surface area contributed by atoms with Crippen LogP contribution < -0.4 is 15.0 Å². The number of terminal acetylenes is 1. The molecule has 47 heavy (non-hydrogen) atoms. The van der Waals surface area contributed by atoms with Gasteiger partial charge in [0.1, 0.15) is 41.4 Å². The highest BCUT2D eigenvalue weighted by atomic mass is 19.1. The number of piperazine rings is 1. The number of anilines is 1. The molecule has 0 spiro atoms. The Hall–Kier alpha value is -4.67. The molecule has 0 radical (unpaired) electrons. The van der Waals surface area contributed by atoms with Gasteiger partial charge < -0.3 is 25.2 Å². The molecule has 4 aromatic rings. The van der Waals surface area contributed by atoms with Gasteiger partial charge in [0.05, 0.1) is 16.5 Å². The Kier molecular flexibility index (Phi) is 8.01. The first kappa shape index (κ1) is 31.0. The molecule has 244 valence electrons. The van der Waals surface area contributed by atoms with Crippen LogP contribution in [0.3, 0.4) is 0 Å². The van der Waals surface area contributed by atoms with E-state index in [1.807, 2.05) is 0 Å². The molecule has 0 saturated carbocycles. The Labute approximate surface area is 268 Å². The quantitative estimate of drug-likeness (QED) is 0.212. The van der Waals surface area contributed by atoms with Gasteiger partial charge in [0.25, 0.3) is 6.47 Å². The van der Waals surface area contributed by atoms with E-state index < -0.39 is 23.3 Å². The molecule has 4 fully saturated rings. The second-order valence-corrected chi connectivity index (χ2v) is 12.7. The van der Waals surface area contributed by atoms with Crippen LogP contribution in [0.5, 0.6) is 11.8 Å². The number of ether oxygens (including phenoxy) is 1. The molecule has 2 aromatic heterocycles. The Morgan fingerprint density at radius 3 is 2.68 bits per heavy atom. The first-order valence-electron chi connectivity index (χ1n) is 15.6. The zero-order valence-corrected chi connectivity index (χ0v) is 25.4. The van der Waals surface area contributed by atoms with Crippen molar-refractivity contribution in [3.8, 4) is 35.4 Å². The largest absolute Gasteiger partial charge is 0.508 e. The average molecular weight is 647 g/mol. The van der Waals surface area contributed by atoms with Crippen molar-refractivity contribution < 1.29 is 32.9 Å². The van der Waals surface area contributed by atoms with Crippen molar-refractivity contribution in [3.05, 3.63) is 47.7 Å². The molecule has 10 nitrogen and oxygen atoms in total. The van der Waals surface area contributed by atoms with Crippen molar-refractivity contribution in [1.82, 2.24) is 25.2 Å². The monoisotopic (exact) mass is 646 g/mol. The fourth-order valence-corrected chi connectivity index (χ4v) is 7.89. The standard InChI is InChI=1S/C33H31F3N6O2.CH2O2/c1-2-23-26(35)7-4-18-10-22(43)11-24(27(18)23)29-28(36)30-25(13-37-29)31(41-15-20-5-6-21(16-41)38-20)40-32(39-30)44-17-33-8-3-9-42(33)14-19(34)12-33;2-1-3/h1,4,7,10-11,13,19-21,38,43H,3,5-6,8-9,12,14-17H2;1H,(H,2,3)/t19-,20-,21+,33+;/m1./s1. The summed E-state index contributed by atoms with van der Waals surface area (Å²) in [6.45, 7) is 2.54. The Balaban J connectivity index is 0.00000113. The number of rotatable bonds is 5. The molecular weight excluding hydrogens is 613 g/mol. The molecule has 0 amide bonds. The van der Waals surface area contributed by atoms with Gasteiger partial charge in [-0.05, 0) is 55.8 Å². The van der Waals surface area contributed by atoms with E-state index in [4.69, 9.17) is 26.0 Å². The molecule has 0 unspecified atom stereocenters. The van der Waals surface area contributed by atoms with Crippen molar-refractivity contribution in [2.75, 3.05) is 37.7 Å². The van der Waals surface area contributed by atoms with Gasteiger partial charge in [-0.3, -0.25) is 14.7 Å². The summed E-state index contributed by atoms with van der Waals surface area (Å²) in [7, 11) is 0. The number of benzene rings is 2. The van der Waals surface area contributed by atoms with Crippen molar-refractivity contribution in [1.29, 1.82) is 0 Å². The average Bonchev–Trinajstić information content (AvgIpc) is 3.70. The van der Waals surface area contributed by atoms with Crippen LogP contribution in [-0.4, -0.2) is 93.1 Å². The summed E-state index contributed by atoms with van der Waals surface area (Å²) in [6.07, 6.45) is 10.5. The van der Waals surface area contributed by atoms with Gasteiger partial charge >= 0.3 is 6.01 Å². The SMILES string of the molecule is C#Cc1c(F)ccc2cc(O)cc(-c3ncc4c(N5C[C@H]6CC[C@@H](C5)N6)nc(OC[C@@]56CCCN5C[C@H](F)C6)nc4c3F)c12.O=CO. The number of hydrogen-bond donors (Lipinski definition) is 3. The number of fused-ring (bicyclic) bond motifs is 5. The van der Waals surface area contributed by atoms with Crippen LogP contribution in [0.1, 0.15) is 37.7 Å². The lowest BCUT2D eigenvalue weighted by Crippen LogP contribution is -2.51. The molecule has 2 aromatic carbocycles. The van der Waals surface area contributed by atoms with Crippen LogP contribution in [0.2, 0.25) is 0 Å². The summed E-state index contributed by atoms with van der Waals surface area (Å²) in [6, 6.07) is 6.07. The molecule has 4 aliphatic heterocycles. The number of carboxylic acid groups (broad SMARTS) is 1. The Bertz CT molecular complexity index is 1910. The number of alkyl halides is 1. The fourth-order valence-electron chi connectivity index (χ4n) is 7.89. The number of halogens is 3. The Morgan fingerprint density at radius 1 is 1.17 bits per heavy atom. The Morgan fingerprint density at radius 2 is 1.94 bits per heavy atom. The predicted molar refractivity (Wildman–Crippen MR) is 169 cm³/mol. The third-order valence-corrected chi connectivity index (χ3v) is 9.84. The van der Waals surface area contributed by atoms with Gasteiger partial charge in [-0.1, -0.05) is 12.0 Å². The van der Waals surface area contributed by atoms with Crippen LogP contribution in [0, 0.1) is 24.0 Å². The van der Waals surface area contributed by atoms with E-state index in [1.54, 1.807) is 0 Å². The fraction of sp³-hybridized carbons (Fsp3) is 0.412. The van der Waals surface area contributed by atoms with Gasteiger partial charge in [-0.2, -0.15) is 9.97 Å². The molecule has 0 aliphatic carbocycles. The second kappa shape index (κ2) is 12.2. The summed E-state index contributed by atoms with van der Waals surface area (Å²) in [4.78, 5) is 26.4. The molecule has 4 aliphatic rings. The number of pyridine rings is 1. The van der Waals surface area contributed by atoms with E-state index in [0.29, 0.717) is 54.7 Å². The van der Waals surface area contributed by atoms with Crippen molar-refractivity contribution in [3.63, 3.8) is 0 Å². The van der Waals surface area contributed by atoms with Gasteiger partial charge in [0.2, 0.25) is 0 Å². The summed E-state index contributed by atoms with van der Waals surface area (Å²) in [5, 5.41) is 22.1. The highest BCUT2D eigenvalue weighted by molar-refractivity contribution is 6.03. The molecule has 4 saturated heterocycles. The minimum atomic E-state index is -0.913. The number of aromatic hydroxyl groups is 1. The minimum absolute atomic E-state index is 0.00778. The minimum Gasteiger partial charge on any atom is -0.508 e. The van der Waals surface area contributed by atoms with Crippen LogP contribution in [-0.2, 0) is 4.79 Å². The van der Waals surface area contributed by atoms with E-state index in [0.717, 1.165) is 32.2 Å². The zero-order valence-electron chi connectivity index (χ0n) is 25.4. The number of phenols is 1. The van der Waals surface area contributed by atoms with Crippen molar-refractivity contribution in [2.24, 2.45) is 0 Å². The van der Waals surface area contributed by atoms with Crippen LogP contribution in [0.4, 0.5) is 19.0 Å². The first-order chi connectivity index (χ1) is 22.7. The number of aromatic nitrogens is 3. The topological polar surface area (TPSA) is 124 Å². The smallest absolute Gasteiger partial charge is 0.319 e. The molecule has 8 rings (SSSR count). The number of hydrogen-bond acceptors (Lipinski definition) is 9. The van der Waals surface area contributed by atoms with E-state index >= 15 is 4.39 Å². The molecule has 3 N–H and O–H groups in total. The maximum atomic E-state index is 16.7. The number of carbonyl (C=O) groups is 1. The summed E-state index contributed by atoms with van der Waals surface area (Å²) < 4.78 is 52.2. The van der Waals surface area contributed by atoms with Crippen LogP contribution >= 0.6 is 0 Å². The molecule has 4 atom stereocenters. The zero-order chi connectivity index (χ0) is 32.9. The molecule has 2 bridgehead atoms. The third kappa shape index (κ3) is 5.45. The van der Waals surface area contributed by atoms with E-state index in [-0.39, 0.29) is 52.6 Å². The predicted octanol–water partition coefficient (Wildman–Crippen LogP) is 4.41. The lowest BCUT2D eigenvalue weighted by Gasteiger charge is -2.34. The van der Waals surface area contributed by atoms with E-state index in [1.165, 1.54) is 30.5 Å². The van der Waals surface area contributed by atoms with Crippen molar-refractivity contribution in [2.45, 2.75) is 55.9 Å². The van der Waals surface area contributed by atoms with E-state index in [2.05, 4.69) is 31.0 Å². The van der Waals surface area contributed by atoms with E-state index in [9.17, 15) is 13.9 Å². The van der Waals surface area contributed by atoms with Gasteiger partial charge in [-0.15, -0.1) is 6.42 Å². The van der Waals surface area contributed by atoms with Gasteiger partial charge in [-0.25, -0.2) is 13.2 Å². The summed E-state index contributed by atoms with van der Waals surface area (Å²) in [5.41, 5.74) is -0.468. The summed E-state index contributed by atoms with van der Waals surface area (Å²) in [5.74, 6) is 1.35.